The average molecular weight is 497 g/mol. The Labute approximate surface area is 212 Å². The molecule has 1 fully saturated rings. The van der Waals surface area contributed by atoms with Crippen LogP contribution in [0.3, 0.4) is 0 Å². The molecule has 1 aromatic carbocycles. The Kier molecular flexibility index (Phi) is 8.21. The molecule has 8 heteroatoms. The van der Waals surface area contributed by atoms with E-state index in [0.717, 1.165) is 19.3 Å². The molecule has 7 nitrogen and oxygen atoms in total. The molecule has 2 aliphatic rings. The van der Waals surface area contributed by atoms with Crippen molar-refractivity contribution in [2.75, 3.05) is 19.6 Å². The van der Waals surface area contributed by atoms with Gasteiger partial charge in [0.15, 0.2) is 0 Å². The van der Waals surface area contributed by atoms with Crippen LogP contribution in [0.4, 0.5) is 4.39 Å². The third-order valence-corrected chi connectivity index (χ3v) is 7.90. The van der Waals surface area contributed by atoms with Crippen LogP contribution < -0.4 is 5.32 Å². The summed E-state index contributed by atoms with van der Waals surface area (Å²) in [5, 5.41) is 11.5. The van der Waals surface area contributed by atoms with Gasteiger partial charge in [0, 0.05) is 38.9 Å². The Bertz CT molecular complexity index is 1100. The number of hydrogen-bond donors (Lipinski definition) is 1. The van der Waals surface area contributed by atoms with Gasteiger partial charge < -0.3 is 14.6 Å². The Morgan fingerprint density at radius 2 is 1.92 bits per heavy atom. The molecule has 1 aromatic heterocycles. The first-order chi connectivity index (χ1) is 17.2. The predicted octanol–water partition coefficient (Wildman–Crippen LogP) is 4.65. The summed E-state index contributed by atoms with van der Waals surface area (Å²) in [5.41, 5.74) is 1.57. The summed E-state index contributed by atoms with van der Waals surface area (Å²) >= 11 is 0. The number of halogens is 1. The third kappa shape index (κ3) is 6.02. The minimum absolute atomic E-state index is 0.0271. The molecule has 2 aromatic rings. The van der Waals surface area contributed by atoms with E-state index in [4.69, 9.17) is 4.42 Å². The topological polar surface area (TPSA) is 88.3 Å². The van der Waals surface area contributed by atoms with Gasteiger partial charge in [-0.3, -0.25) is 9.59 Å². The maximum absolute atomic E-state index is 14.1. The van der Waals surface area contributed by atoms with Crippen LogP contribution in [0.5, 0.6) is 0 Å². The average Bonchev–Trinajstić information content (AvgIpc) is 3.32. The lowest BCUT2D eigenvalue weighted by molar-refractivity contribution is -0.134. The number of likely N-dealkylation sites (tertiary alicyclic amines) is 1. The van der Waals surface area contributed by atoms with Gasteiger partial charge in [-0.1, -0.05) is 37.6 Å². The van der Waals surface area contributed by atoms with Crippen molar-refractivity contribution in [1.29, 1.82) is 0 Å². The Hall–Kier alpha value is -3.03. The zero-order chi connectivity index (χ0) is 25.8. The van der Waals surface area contributed by atoms with Gasteiger partial charge in [0.2, 0.25) is 17.7 Å². The van der Waals surface area contributed by atoms with Crippen LogP contribution in [0.15, 0.2) is 40.3 Å². The molecule has 1 aliphatic heterocycles. The van der Waals surface area contributed by atoms with E-state index in [9.17, 15) is 14.0 Å². The van der Waals surface area contributed by atoms with Gasteiger partial charge in [-0.2, -0.15) is 0 Å². The van der Waals surface area contributed by atoms with Crippen LogP contribution >= 0.6 is 0 Å². The predicted molar refractivity (Wildman–Crippen MR) is 135 cm³/mol. The highest BCUT2D eigenvalue weighted by Gasteiger charge is 2.33. The van der Waals surface area contributed by atoms with Crippen molar-refractivity contribution in [3.05, 3.63) is 47.6 Å². The first kappa shape index (κ1) is 26.0. The second-order valence-corrected chi connectivity index (χ2v) is 10.6. The SMILES string of the molecule is CC(=O)N1CCC(C(=O)NCC2C=C(C)C(Cc3nnc(-c4ccccc4F)o3)CC2C(C)C)CC1. The zero-order valence-corrected chi connectivity index (χ0v) is 21.7. The van der Waals surface area contributed by atoms with Crippen molar-refractivity contribution >= 4 is 11.8 Å². The molecule has 0 bridgehead atoms. The smallest absolute Gasteiger partial charge is 0.250 e. The normalized spacial score (nSPS) is 23.0. The van der Waals surface area contributed by atoms with E-state index in [2.05, 4.69) is 42.4 Å². The number of allylic oxidation sites excluding steroid dienone is 1. The van der Waals surface area contributed by atoms with Gasteiger partial charge >= 0.3 is 0 Å². The van der Waals surface area contributed by atoms with E-state index in [0.29, 0.717) is 49.3 Å². The maximum atomic E-state index is 14.1. The molecule has 3 atom stereocenters. The van der Waals surface area contributed by atoms with Crippen molar-refractivity contribution in [2.45, 2.75) is 53.4 Å². The van der Waals surface area contributed by atoms with Crippen molar-refractivity contribution < 1.29 is 18.4 Å². The maximum Gasteiger partial charge on any atom is 0.250 e. The summed E-state index contributed by atoms with van der Waals surface area (Å²) < 4.78 is 19.9. The second kappa shape index (κ2) is 11.4. The molecule has 194 valence electrons. The second-order valence-electron chi connectivity index (χ2n) is 10.6. The Morgan fingerprint density at radius 1 is 1.19 bits per heavy atom. The molecule has 0 saturated carbocycles. The summed E-state index contributed by atoms with van der Waals surface area (Å²) in [7, 11) is 0. The number of carbonyl (C=O) groups is 2. The molecular weight excluding hydrogens is 459 g/mol. The minimum atomic E-state index is -0.379. The lowest BCUT2D eigenvalue weighted by Crippen LogP contribution is -2.44. The van der Waals surface area contributed by atoms with E-state index in [1.165, 1.54) is 11.6 Å². The first-order valence-electron chi connectivity index (χ1n) is 13.0. The number of aromatic nitrogens is 2. The lowest BCUT2D eigenvalue weighted by Gasteiger charge is -2.37. The molecule has 0 radical (unpaired) electrons. The molecule has 2 heterocycles. The number of benzene rings is 1. The molecule has 3 unspecified atom stereocenters. The lowest BCUT2D eigenvalue weighted by atomic mass is 9.70. The van der Waals surface area contributed by atoms with E-state index in [-0.39, 0.29) is 41.3 Å². The number of amides is 2. The molecule has 1 N–H and O–H groups in total. The quantitative estimate of drug-likeness (QED) is 0.564. The largest absolute Gasteiger partial charge is 0.421 e. The standard InChI is InChI=1S/C28H37FN4O3/c1-17(2)24-14-21(15-26-31-32-28(36-26)23-7-5-6-8-25(23)29)18(3)13-22(24)16-30-27(35)20-9-11-33(12-10-20)19(4)34/h5-8,13,17,20-22,24H,9-12,14-16H2,1-4H3,(H,30,35). The van der Waals surface area contributed by atoms with Gasteiger partial charge in [-0.15, -0.1) is 10.2 Å². The Morgan fingerprint density at radius 3 is 2.58 bits per heavy atom. The molecular formula is C28H37FN4O3. The molecule has 1 aliphatic carbocycles. The molecule has 1 saturated heterocycles. The van der Waals surface area contributed by atoms with Crippen molar-refractivity contribution in [3.63, 3.8) is 0 Å². The van der Waals surface area contributed by atoms with Crippen molar-refractivity contribution in [3.8, 4) is 11.5 Å². The molecule has 36 heavy (non-hydrogen) atoms. The number of hydrogen-bond acceptors (Lipinski definition) is 5. The highest BCUT2D eigenvalue weighted by molar-refractivity contribution is 5.79. The van der Waals surface area contributed by atoms with Crippen LogP contribution in [-0.2, 0) is 16.0 Å². The molecule has 4 rings (SSSR count). The number of nitrogens with zero attached hydrogens (tertiary/aromatic N) is 3. The van der Waals surface area contributed by atoms with E-state index >= 15 is 0 Å². The van der Waals surface area contributed by atoms with Gasteiger partial charge in [0.05, 0.1) is 5.56 Å². The Balaban J connectivity index is 1.37. The number of carbonyl (C=O) groups excluding carboxylic acids is 2. The van der Waals surface area contributed by atoms with Crippen LogP contribution in [0.1, 0.15) is 52.8 Å². The van der Waals surface area contributed by atoms with Gasteiger partial charge in [0.1, 0.15) is 5.82 Å². The van der Waals surface area contributed by atoms with Crippen molar-refractivity contribution in [2.24, 2.45) is 29.6 Å². The molecule has 2 amide bonds. The van der Waals surface area contributed by atoms with Gasteiger partial charge in [0.25, 0.3) is 5.89 Å². The summed E-state index contributed by atoms with van der Waals surface area (Å²) in [4.78, 5) is 26.2. The van der Waals surface area contributed by atoms with E-state index in [1.54, 1.807) is 25.1 Å². The summed E-state index contributed by atoms with van der Waals surface area (Å²) in [5.74, 6) is 1.87. The fraction of sp³-hybridized carbons (Fsp3) is 0.571. The minimum Gasteiger partial charge on any atom is -0.421 e. The number of rotatable bonds is 7. The number of piperidine rings is 1. The third-order valence-electron chi connectivity index (χ3n) is 7.90. The van der Waals surface area contributed by atoms with E-state index < -0.39 is 0 Å². The highest BCUT2D eigenvalue weighted by atomic mass is 19.1. The molecule has 0 spiro atoms. The van der Waals surface area contributed by atoms with Crippen LogP contribution in [0, 0.1) is 35.4 Å². The summed E-state index contributed by atoms with van der Waals surface area (Å²) in [6.45, 7) is 10.1. The fourth-order valence-electron chi connectivity index (χ4n) is 5.62. The number of nitrogens with one attached hydrogen (secondary N) is 1. The van der Waals surface area contributed by atoms with Crippen LogP contribution in [0.2, 0.25) is 0 Å². The van der Waals surface area contributed by atoms with E-state index in [1.807, 2.05) is 4.90 Å². The first-order valence-corrected chi connectivity index (χ1v) is 13.0. The summed E-state index contributed by atoms with van der Waals surface area (Å²) in [6, 6.07) is 6.40. The monoisotopic (exact) mass is 496 g/mol. The van der Waals surface area contributed by atoms with Crippen molar-refractivity contribution in [1.82, 2.24) is 20.4 Å². The van der Waals surface area contributed by atoms with Gasteiger partial charge in [-0.05, 0) is 62.0 Å². The van der Waals surface area contributed by atoms with Gasteiger partial charge in [-0.25, -0.2) is 4.39 Å². The van der Waals surface area contributed by atoms with Crippen LogP contribution in [-0.4, -0.2) is 46.5 Å². The zero-order valence-electron chi connectivity index (χ0n) is 21.7. The van der Waals surface area contributed by atoms with Crippen LogP contribution in [0.25, 0.3) is 11.5 Å². The fourth-order valence-corrected chi connectivity index (χ4v) is 5.62. The summed E-state index contributed by atoms with van der Waals surface area (Å²) in [6.07, 6.45) is 5.32. The highest BCUT2D eigenvalue weighted by Crippen LogP contribution is 2.39.